The van der Waals surface area contributed by atoms with Gasteiger partial charge in [0.2, 0.25) is 0 Å². The van der Waals surface area contributed by atoms with Crippen molar-refractivity contribution in [2.24, 2.45) is 0 Å². The van der Waals surface area contributed by atoms with Gasteiger partial charge in [0.1, 0.15) is 10.8 Å². The van der Waals surface area contributed by atoms with Crippen LogP contribution in [0.5, 0.6) is 5.75 Å². The fourth-order valence-corrected chi connectivity index (χ4v) is 4.31. The molecule has 1 atom stereocenters. The number of carbonyl (C=O) groups is 1. The number of ether oxygens (including phenoxy) is 1. The number of hydrogen-bond acceptors (Lipinski definition) is 4. The van der Waals surface area contributed by atoms with E-state index in [9.17, 15) is 4.79 Å². The second kappa shape index (κ2) is 6.24. The van der Waals surface area contributed by atoms with Crippen LogP contribution in [0.3, 0.4) is 0 Å². The number of likely N-dealkylation sites (tertiary alicyclic amines) is 1. The lowest BCUT2D eigenvalue weighted by Gasteiger charge is -2.23. The number of nitrogens with zero attached hydrogens (tertiary/aromatic N) is 2. The minimum atomic E-state index is 0.0689. The summed E-state index contributed by atoms with van der Waals surface area (Å²) in [6.07, 6.45) is 1.99. The van der Waals surface area contributed by atoms with Gasteiger partial charge in [0.25, 0.3) is 5.91 Å². The smallest absolute Gasteiger partial charge is 0.254 e. The van der Waals surface area contributed by atoms with Crippen molar-refractivity contribution in [3.8, 4) is 5.75 Å². The summed E-state index contributed by atoms with van der Waals surface area (Å²) in [5.41, 5.74) is 1.71. The highest BCUT2D eigenvalue weighted by Gasteiger charge is 2.32. The van der Waals surface area contributed by atoms with Crippen molar-refractivity contribution < 1.29 is 9.53 Å². The van der Waals surface area contributed by atoms with Crippen molar-refractivity contribution in [3.05, 3.63) is 59.1 Å². The Hall–Kier alpha value is -2.40. The number of benzene rings is 2. The molecule has 1 aliphatic heterocycles. The molecular weight excluding hydrogens is 320 g/mol. The molecule has 3 aromatic rings. The third kappa shape index (κ3) is 2.65. The predicted octanol–water partition coefficient (Wildman–Crippen LogP) is 4.28. The fraction of sp³-hybridized carbons (Fsp3) is 0.263. The van der Waals surface area contributed by atoms with Crippen LogP contribution >= 0.6 is 11.3 Å². The van der Waals surface area contributed by atoms with Crippen molar-refractivity contribution >= 4 is 27.5 Å². The van der Waals surface area contributed by atoms with Gasteiger partial charge in [-0.05, 0) is 49.2 Å². The monoisotopic (exact) mass is 338 g/mol. The normalized spacial score (nSPS) is 17.4. The van der Waals surface area contributed by atoms with E-state index in [1.165, 1.54) is 4.70 Å². The molecule has 24 heavy (non-hydrogen) atoms. The molecule has 0 spiro atoms. The second-order valence-corrected chi connectivity index (χ2v) is 6.97. The summed E-state index contributed by atoms with van der Waals surface area (Å²) in [7, 11) is 1.63. The summed E-state index contributed by atoms with van der Waals surface area (Å²) in [6.45, 7) is 0.783. The van der Waals surface area contributed by atoms with Crippen LogP contribution in [0.25, 0.3) is 10.2 Å². The molecule has 1 aliphatic rings. The molecule has 0 saturated carbocycles. The van der Waals surface area contributed by atoms with E-state index in [1.54, 1.807) is 18.4 Å². The Morgan fingerprint density at radius 3 is 2.75 bits per heavy atom. The van der Waals surface area contributed by atoms with Gasteiger partial charge < -0.3 is 9.64 Å². The SMILES string of the molecule is COc1ccc(C(=O)N2CCC[C@H]2c2nc3ccccc3s2)cc1. The Morgan fingerprint density at radius 1 is 1.21 bits per heavy atom. The van der Waals surface area contributed by atoms with E-state index in [0.717, 1.165) is 35.7 Å². The molecule has 0 bridgehead atoms. The van der Waals surface area contributed by atoms with Crippen LogP contribution < -0.4 is 4.74 Å². The van der Waals surface area contributed by atoms with E-state index < -0.39 is 0 Å². The molecule has 122 valence electrons. The van der Waals surface area contributed by atoms with Gasteiger partial charge in [0, 0.05) is 12.1 Å². The molecule has 0 unspecified atom stereocenters. The van der Waals surface area contributed by atoms with Gasteiger partial charge in [0.15, 0.2) is 0 Å². The van der Waals surface area contributed by atoms with Crippen molar-refractivity contribution in [1.29, 1.82) is 0 Å². The van der Waals surface area contributed by atoms with E-state index in [0.29, 0.717) is 5.56 Å². The van der Waals surface area contributed by atoms with E-state index in [2.05, 4.69) is 6.07 Å². The van der Waals surface area contributed by atoms with E-state index >= 15 is 0 Å². The number of hydrogen-bond donors (Lipinski definition) is 0. The van der Waals surface area contributed by atoms with Crippen molar-refractivity contribution in [2.45, 2.75) is 18.9 Å². The average Bonchev–Trinajstić information content (AvgIpc) is 3.27. The topological polar surface area (TPSA) is 42.4 Å². The Kier molecular flexibility index (Phi) is 3.94. The molecule has 2 heterocycles. The van der Waals surface area contributed by atoms with Crippen LogP contribution in [0.4, 0.5) is 0 Å². The summed E-state index contributed by atoms with van der Waals surface area (Å²) < 4.78 is 6.34. The van der Waals surface area contributed by atoms with Crippen molar-refractivity contribution in [3.63, 3.8) is 0 Å². The molecule has 1 saturated heterocycles. The van der Waals surface area contributed by atoms with Gasteiger partial charge in [-0.2, -0.15) is 0 Å². The minimum absolute atomic E-state index is 0.0689. The summed E-state index contributed by atoms with van der Waals surface area (Å²) in [5, 5.41) is 1.04. The number of carbonyl (C=O) groups excluding carboxylic acids is 1. The maximum absolute atomic E-state index is 12.9. The lowest BCUT2D eigenvalue weighted by atomic mass is 10.1. The van der Waals surface area contributed by atoms with Gasteiger partial charge in [0.05, 0.1) is 23.4 Å². The van der Waals surface area contributed by atoms with Gasteiger partial charge in [-0.1, -0.05) is 12.1 Å². The highest BCUT2D eigenvalue weighted by atomic mass is 32.1. The molecule has 1 aromatic heterocycles. The standard InChI is InChI=1S/C19H18N2O2S/c1-23-14-10-8-13(9-11-14)19(22)21-12-4-6-16(21)18-20-15-5-2-3-7-17(15)24-18/h2-3,5,7-11,16H,4,6,12H2,1H3/t16-/m0/s1. The molecule has 2 aromatic carbocycles. The summed E-state index contributed by atoms with van der Waals surface area (Å²) in [5.74, 6) is 0.829. The molecule has 0 aliphatic carbocycles. The van der Waals surface area contributed by atoms with Crippen LogP contribution in [-0.2, 0) is 0 Å². The number of para-hydroxylation sites is 1. The molecule has 1 amide bonds. The molecule has 0 N–H and O–H groups in total. The Balaban J connectivity index is 1.62. The lowest BCUT2D eigenvalue weighted by Crippen LogP contribution is -2.30. The van der Waals surface area contributed by atoms with Crippen LogP contribution in [0.15, 0.2) is 48.5 Å². The Bertz CT molecular complexity index is 839. The van der Waals surface area contributed by atoms with Crippen molar-refractivity contribution in [1.82, 2.24) is 9.88 Å². The van der Waals surface area contributed by atoms with Crippen LogP contribution in [0, 0.1) is 0 Å². The Morgan fingerprint density at radius 2 is 2.00 bits per heavy atom. The average molecular weight is 338 g/mol. The van der Waals surface area contributed by atoms with Crippen molar-refractivity contribution in [2.75, 3.05) is 13.7 Å². The quantitative estimate of drug-likeness (QED) is 0.716. The third-order valence-electron chi connectivity index (χ3n) is 4.45. The first-order chi connectivity index (χ1) is 11.8. The maximum atomic E-state index is 12.9. The molecular formula is C19H18N2O2S. The minimum Gasteiger partial charge on any atom is -0.497 e. The van der Waals surface area contributed by atoms with Gasteiger partial charge in [-0.3, -0.25) is 4.79 Å². The maximum Gasteiger partial charge on any atom is 0.254 e. The number of aromatic nitrogens is 1. The predicted molar refractivity (Wildman–Crippen MR) is 95.6 cm³/mol. The first-order valence-corrected chi connectivity index (χ1v) is 8.88. The Labute approximate surface area is 144 Å². The summed E-state index contributed by atoms with van der Waals surface area (Å²) in [6, 6.07) is 15.5. The highest BCUT2D eigenvalue weighted by molar-refractivity contribution is 7.18. The second-order valence-electron chi connectivity index (χ2n) is 5.90. The number of methoxy groups -OCH3 is 1. The molecule has 0 radical (unpaired) electrons. The zero-order chi connectivity index (χ0) is 16.5. The third-order valence-corrected chi connectivity index (χ3v) is 5.58. The molecule has 4 nitrogen and oxygen atoms in total. The van der Waals surface area contributed by atoms with Gasteiger partial charge >= 0.3 is 0 Å². The molecule has 1 fully saturated rings. The van der Waals surface area contributed by atoms with E-state index in [4.69, 9.17) is 9.72 Å². The number of amides is 1. The zero-order valence-electron chi connectivity index (χ0n) is 13.4. The number of thiazole rings is 1. The largest absolute Gasteiger partial charge is 0.497 e. The van der Waals surface area contributed by atoms with Crippen LogP contribution in [0.2, 0.25) is 0 Å². The lowest BCUT2D eigenvalue weighted by molar-refractivity contribution is 0.0735. The number of rotatable bonds is 3. The molecule has 5 heteroatoms. The summed E-state index contributed by atoms with van der Waals surface area (Å²) in [4.78, 5) is 19.6. The van der Waals surface area contributed by atoms with E-state index in [-0.39, 0.29) is 11.9 Å². The summed E-state index contributed by atoms with van der Waals surface area (Å²) >= 11 is 1.69. The molecule has 4 rings (SSSR count). The van der Waals surface area contributed by atoms with Crippen LogP contribution in [0.1, 0.15) is 34.2 Å². The van der Waals surface area contributed by atoms with Crippen LogP contribution in [-0.4, -0.2) is 29.4 Å². The first kappa shape index (κ1) is 15.1. The highest BCUT2D eigenvalue weighted by Crippen LogP contribution is 2.37. The number of fused-ring (bicyclic) bond motifs is 1. The van der Waals surface area contributed by atoms with Gasteiger partial charge in [-0.15, -0.1) is 11.3 Å². The first-order valence-electron chi connectivity index (χ1n) is 8.07. The van der Waals surface area contributed by atoms with Gasteiger partial charge in [-0.25, -0.2) is 4.98 Å². The van der Waals surface area contributed by atoms with E-state index in [1.807, 2.05) is 47.4 Å². The fourth-order valence-electron chi connectivity index (χ4n) is 3.20. The zero-order valence-corrected chi connectivity index (χ0v) is 14.3.